The number of Topliss-reactive ketones (excluding diaryl/α,β-unsaturated/α-hetero) is 1. The zero-order valence-electron chi connectivity index (χ0n) is 35.0. The molecule has 2 heterocycles. The van der Waals surface area contributed by atoms with E-state index in [9.17, 15) is 44.7 Å². The van der Waals surface area contributed by atoms with E-state index in [-0.39, 0.29) is 59.1 Å². The first-order valence-electron chi connectivity index (χ1n) is 22.1. The van der Waals surface area contributed by atoms with E-state index in [0.717, 1.165) is 25.7 Å². The van der Waals surface area contributed by atoms with Gasteiger partial charge in [-0.25, -0.2) is 4.79 Å². The van der Waals surface area contributed by atoms with Crippen LogP contribution >= 0.6 is 0 Å². The third-order valence-corrected chi connectivity index (χ3v) is 15.0. The summed E-state index contributed by atoms with van der Waals surface area (Å²) in [6.45, 7) is 0.670. The van der Waals surface area contributed by atoms with Crippen LogP contribution in [-0.4, -0.2) is 111 Å². The summed E-state index contributed by atoms with van der Waals surface area (Å²) in [7, 11) is 1.32. The number of ketones is 3. The molecule has 2 aliphatic heterocycles. The summed E-state index contributed by atoms with van der Waals surface area (Å²) in [5.41, 5.74) is -3.39. The van der Waals surface area contributed by atoms with E-state index in [0.29, 0.717) is 31.1 Å². The fourth-order valence-corrected chi connectivity index (χ4v) is 12.3. The van der Waals surface area contributed by atoms with Crippen LogP contribution in [0.5, 0.6) is 17.2 Å². The number of benzene rings is 2. The van der Waals surface area contributed by atoms with Crippen LogP contribution in [0.15, 0.2) is 18.2 Å². The lowest BCUT2D eigenvalue weighted by atomic mass is 9.53. The Morgan fingerprint density at radius 1 is 0.905 bits per heavy atom. The zero-order valence-corrected chi connectivity index (χ0v) is 35.0. The van der Waals surface area contributed by atoms with Crippen LogP contribution in [0, 0.1) is 23.7 Å². The summed E-state index contributed by atoms with van der Waals surface area (Å²) in [4.78, 5) is 78.5. The molecule has 9 aliphatic rings. The average molecular weight is 880 g/mol. The predicted octanol–water partition coefficient (Wildman–Crippen LogP) is 3.86. The normalized spacial score (nSPS) is 38.8. The molecule has 5 saturated carbocycles. The van der Waals surface area contributed by atoms with Crippen molar-refractivity contribution >= 4 is 23.4 Å². The topological polar surface area (TPSA) is 255 Å². The zero-order chi connectivity index (χ0) is 44.2. The van der Waals surface area contributed by atoms with Gasteiger partial charge in [0.15, 0.2) is 17.9 Å². The molecule has 2 aromatic carbocycles. The quantitative estimate of drug-likeness (QED) is 0.139. The molecule has 7 atom stereocenters. The standard InChI is InChI=1S/C45H53NO17/c1-20-37(49)29(46-42(54)58-26-5-4-8-44(16-26)60-62-45(63-61-44)23-10-21-9-22(12-23)13-24(45)11-21)14-32(57-20)59-31-18-43(55,15-25(48)19-47)17-28-34(31)41(53)36-35(39(28)51)38(50)27-6-3-7-30(56-2)33(27)40(36)52/h3,6-7,20-24,26,29,31-32,37,47,49,51,53,55H,4-5,8-19H2,1-2H3,(H,46,54)/t20-,21?,22?,23?,24?,26?,29?,31-,32-,37+,43-,44?,45?/m1/s1. The number of nitrogens with one attached hydrogen (secondary N) is 1. The van der Waals surface area contributed by atoms with Gasteiger partial charge in [-0.05, 0) is 69.8 Å². The highest BCUT2D eigenvalue weighted by molar-refractivity contribution is 6.31. The number of rotatable bonds is 8. The lowest BCUT2D eigenvalue weighted by molar-refractivity contribution is -0.681. The summed E-state index contributed by atoms with van der Waals surface area (Å²) < 4.78 is 23.6. The van der Waals surface area contributed by atoms with E-state index in [1.165, 1.54) is 31.7 Å². The molecule has 18 heteroatoms. The smallest absolute Gasteiger partial charge is 0.407 e. The van der Waals surface area contributed by atoms with Crippen LogP contribution in [-0.2, 0) is 45.0 Å². The van der Waals surface area contributed by atoms with Crippen molar-refractivity contribution in [2.24, 2.45) is 23.7 Å². The van der Waals surface area contributed by atoms with Crippen molar-refractivity contribution in [1.29, 1.82) is 0 Å². The lowest BCUT2D eigenvalue weighted by Gasteiger charge is -2.60. The van der Waals surface area contributed by atoms with E-state index in [1.54, 1.807) is 6.92 Å². The second-order valence-corrected chi connectivity index (χ2v) is 19.1. The molecule has 340 valence electrons. The number of aliphatic hydroxyl groups excluding tert-OH is 2. The molecule has 0 radical (unpaired) electrons. The molecular formula is C45H53NO17. The van der Waals surface area contributed by atoms with Gasteiger partial charge in [0.2, 0.25) is 17.4 Å². The number of amides is 1. The molecule has 6 N–H and O–H groups in total. The molecule has 7 fully saturated rings. The maximum atomic E-state index is 14.1. The second-order valence-electron chi connectivity index (χ2n) is 19.1. The highest BCUT2D eigenvalue weighted by Gasteiger charge is 2.65. The Morgan fingerprint density at radius 3 is 2.29 bits per heavy atom. The number of alkyl carbamates (subject to hydrolysis) is 1. The Labute approximate surface area is 361 Å². The summed E-state index contributed by atoms with van der Waals surface area (Å²) in [6, 6.07) is 3.38. The van der Waals surface area contributed by atoms with Crippen molar-refractivity contribution in [3.8, 4) is 17.2 Å². The highest BCUT2D eigenvalue weighted by Crippen LogP contribution is 2.62. The van der Waals surface area contributed by atoms with Crippen LogP contribution in [0.3, 0.4) is 0 Å². The highest BCUT2D eigenvalue weighted by atomic mass is 17.4. The molecule has 2 saturated heterocycles. The number of carbonyl (C=O) groups is 4. The number of hydrogen-bond acceptors (Lipinski definition) is 17. The summed E-state index contributed by atoms with van der Waals surface area (Å²) in [6.07, 6.45) is -0.836. The largest absolute Gasteiger partial charge is 0.507 e. The Morgan fingerprint density at radius 2 is 1.60 bits per heavy atom. The van der Waals surface area contributed by atoms with Crippen molar-refractivity contribution in [3.05, 3.63) is 51.6 Å². The summed E-state index contributed by atoms with van der Waals surface area (Å²) in [5, 5.41) is 59.0. The van der Waals surface area contributed by atoms with Gasteiger partial charge in [0, 0.05) is 67.1 Å². The minimum absolute atomic E-state index is 0.0665. The van der Waals surface area contributed by atoms with Gasteiger partial charge in [0.1, 0.15) is 36.1 Å². The van der Waals surface area contributed by atoms with E-state index >= 15 is 0 Å². The van der Waals surface area contributed by atoms with Crippen molar-refractivity contribution in [2.45, 2.75) is 144 Å². The number of aromatic hydroxyl groups is 2. The molecular weight excluding hydrogens is 826 g/mol. The van der Waals surface area contributed by atoms with Gasteiger partial charge in [-0.3, -0.25) is 14.4 Å². The number of carbonyl (C=O) groups excluding carboxylic acids is 4. The first-order chi connectivity index (χ1) is 30.1. The molecule has 11 rings (SSSR count). The Kier molecular flexibility index (Phi) is 10.7. The minimum atomic E-state index is -1.96. The number of hydrogen-bond donors (Lipinski definition) is 6. The van der Waals surface area contributed by atoms with Crippen molar-refractivity contribution < 1.29 is 83.2 Å². The van der Waals surface area contributed by atoms with Crippen molar-refractivity contribution in [2.75, 3.05) is 13.7 Å². The Hall–Kier alpha value is -4.24. The van der Waals surface area contributed by atoms with E-state index in [2.05, 4.69) is 5.32 Å². The molecule has 0 aromatic heterocycles. The monoisotopic (exact) mass is 879 g/mol. The van der Waals surface area contributed by atoms with Gasteiger partial charge < -0.3 is 49.8 Å². The molecule has 63 heavy (non-hydrogen) atoms. The number of methoxy groups -OCH3 is 1. The van der Waals surface area contributed by atoms with Crippen molar-refractivity contribution in [3.63, 3.8) is 0 Å². The van der Waals surface area contributed by atoms with Crippen LogP contribution < -0.4 is 10.1 Å². The first-order valence-corrected chi connectivity index (χ1v) is 22.1. The molecule has 7 aliphatic carbocycles. The third kappa shape index (κ3) is 7.13. The minimum Gasteiger partial charge on any atom is -0.507 e. The molecule has 18 nitrogen and oxygen atoms in total. The lowest BCUT2D eigenvalue weighted by Crippen LogP contribution is -2.65. The number of ether oxygens (including phenoxy) is 4. The number of fused-ring (bicyclic) bond motifs is 3. The van der Waals surface area contributed by atoms with Crippen LogP contribution in [0.4, 0.5) is 4.79 Å². The first kappa shape index (κ1) is 42.7. The maximum Gasteiger partial charge on any atom is 0.407 e. The van der Waals surface area contributed by atoms with Gasteiger partial charge in [-0.2, -0.15) is 19.6 Å². The maximum absolute atomic E-state index is 14.1. The van der Waals surface area contributed by atoms with Gasteiger partial charge in [-0.1, -0.05) is 12.1 Å². The molecule has 4 bridgehead atoms. The predicted molar refractivity (Wildman–Crippen MR) is 211 cm³/mol. The van der Waals surface area contributed by atoms with Crippen LogP contribution in [0.1, 0.15) is 133 Å². The molecule has 2 aromatic rings. The second kappa shape index (κ2) is 15.7. The number of phenolic OH excluding ortho intramolecular Hbond substituents is 2. The van der Waals surface area contributed by atoms with E-state index in [1.807, 2.05) is 0 Å². The molecule has 2 unspecified atom stereocenters. The molecule has 2 spiro atoms. The number of phenols is 2. The fraction of sp³-hybridized carbons (Fsp3) is 0.644. The van der Waals surface area contributed by atoms with Gasteiger partial charge >= 0.3 is 6.09 Å². The van der Waals surface area contributed by atoms with E-state index in [4.69, 9.17) is 38.5 Å². The van der Waals surface area contributed by atoms with Gasteiger partial charge in [0.05, 0.1) is 47.7 Å². The van der Waals surface area contributed by atoms with Crippen LogP contribution in [0.25, 0.3) is 0 Å². The summed E-state index contributed by atoms with van der Waals surface area (Å²) in [5.74, 6) is -4.03. The molecule has 1 amide bonds. The third-order valence-electron chi connectivity index (χ3n) is 15.0. The SMILES string of the molecule is COc1cccc2c1C(=O)c1c(O)c3c(c(O)c1C2=O)C[C@](O)(CC(=O)CO)C[C@H]3O[C@@H]1CC(NC(=O)OC2CCCC3(C2)OOC2(OO3)C3CC4CC(C3)CC2C4)[C@@H](O)[C@@H](C)O1. The fourth-order valence-electron chi connectivity index (χ4n) is 12.3. The van der Waals surface area contributed by atoms with Crippen molar-refractivity contribution in [1.82, 2.24) is 5.32 Å². The van der Waals surface area contributed by atoms with Gasteiger partial charge in [-0.15, -0.1) is 0 Å². The Bertz CT molecular complexity index is 2190. The Balaban J connectivity index is 0.854. The van der Waals surface area contributed by atoms with E-state index < -0.39 is 119 Å². The average Bonchev–Trinajstić information content (AvgIpc) is 3.24. The number of aliphatic hydroxyl groups is 3. The summed E-state index contributed by atoms with van der Waals surface area (Å²) >= 11 is 0. The van der Waals surface area contributed by atoms with Crippen LogP contribution in [0.2, 0.25) is 0 Å². The van der Waals surface area contributed by atoms with Gasteiger partial charge in [0.25, 0.3) is 0 Å².